The summed E-state index contributed by atoms with van der Waals surface area (Å²) in [4.78, 5) is 11.7. The van der Waals surface area contributed by atoms with Crippen LogP contribution in [0.3, 0.4) is 0 Å². The lowest BCUT2D eigenvalue weighted by molar-refractivity contribution is -0.138. The van der Waals surface area contributed by atoms with E-state index in [9.17, 15) is 9.90 Å². The maximum atomic E-state index is 11.6. The van der Waals surface area contributed by atoms with Gasteiger partial charge >= 0.3 is 5.97 Å². The Morgan fingerprint density at radius 3 is 2.47 bits per heavy atom. The minimum atomic E-state index is -0.722. The number of aliphatic hydroxyl groups excluding tert-OH is 1. The molecule has 0 aliphatic heterocycles. The number of hydrogen-bond acceptors (Lipinski definition) is 5. The Balaban J connectivity index is 4.96. The first-order valence-electron chi connectivity index (χ1n) is 5.20. The molecule has 96 valence electrons. The highest BCUT2D eigenvalue weighted by Gasteiger charge is 2.22. The molecule has 0 saturated heterocycles. The van der Waals surface area contributed by atoms with E-state index in [1.807, 2.05) is 0 Å². The molecule has 5 nitrogen and oxygen atoms in total. The molecular formula is C11H17NO4S. The molecule has 0 bridgehead atoms. The largest absolute Gasteiger partial charge is 0.480 e. The molecule has 0 radical (unpaired) electrons. The van der Waals surface area contributed by atoms with Crippen molar-refractivity contribution >= 4 is 23.2 Å². The molecule has 0 unspecified atom stereocenters. The highest BCUT2D eigenvalue weighted by atomic mass is 32.1. The predicted molar refractivity (Wildman–Crippen MR) is 68.7 cm³/mol. The summed E-state index contributed by atoms with van der Waals surface area (Å²) in [6, 6.07) is 0. The lowest BCUT2D eigenvalue weighted by atomic mass is 10.3. The molecule has 0 amide bonds. The van der Waals surface area contributed by atoms with Gasteiger partial charge in [0, 0.05) is 6.54 Å². The Hall–Kier alpha value is -1.56. The van der Waals surface area contributed by atoms with Crippen molar-refractivity contribution < 1.29 is 19.4 Å². The Morgan fingerprint density at radius 1 is 1.41 bits per heavy atom. The van der Waals surface area contributed by atoms with Gasteiger partial charge in [0.1, 0.15) is 4.99 Å². The van der Waals surface area contributed by atoms with Crippen LogP contribution in [0, 0.1) is 0 Å². The van der Waals surface area contributed by atoms with Crippen molar-refractivity contribution in [1.29, 1.82) is 0 Å². The van der Waals surface area contributed by atoms with Gasteiger partial charge in [0.15, 0.2) is 5.57 Å². The quantitative estimate of drug-likeness (QED) is 0.237. The average molecular weight is 259 g/mol. The van der Waals surface area contributed by atoms with Crippen LogP contribution in [-0.4, -0.2) is 35.8 Å². The topological polar surface area (TPSA) is 67.8 Å². The van der Waals surface area contributed by atoms with E-state index in [4.69, 9.17) is 21.7 Å². The average Bonchev–Trinajstić information content (AvgIpc) is 2.27. The molecule has 0 spiro atoms. The summed E-state index contributed by atoms with van der Waals surface area (Å²) in [6.07, 6.45) is 1.58. The van der Waals surface area contributed by atoms with Crippen LogP contribution in [0.25, 0.3) is 0 Å². The SMILES string of the molecule is C=CCNC(=S)C(C(=O)OCC)=C(O)OCC. The van der Waals surface area contributed by atoms with Crippen LogP contribution in [0.2, 0.25) is 0 Å². The van der Waals surface area contributed by atoms with Gasteiger partial charge in [0.2, 0.25) is 0 Å². The van der Waals surface area contributed by atoms with E-state index in [1.54, 1.807) is 19.9 Å². The molecule has 0 rings (SSSR count). The molecule has 0 aromatic rings. The van der Waals surface area contributed by atoms with E-state index in [-0.39, 0.29) is 23.8 Å². The highest BCUT2D eigenvalue weighted by molar-refractivity contribution is 7.80. The zero-order chi connectivity index (χ0) is 13.3. The lowest BCUT2D eigenvalue weighted by Crippen LogP contribution is -2.29. The van der Waals surface area contributed by atoms with E-state index in [0.29, 0.717) is 6.54 Å². The third kappa shape index (κ3) is 5.35. The number of rotatable bonds is 7. The van der Waals surface area contributed by atoms with Crippen LogP contribution < -0.4 is 5.32 Å². The van der Waals surface area contributed by atoms with Crippen LogP contribution in [-0.2, 0) is 14.3 Å². The molecule has 0 aliphatic rings. The van der Waals surface area contributed by atoms with Crippen molar-refractivity contribution in [3.05, 3.63) is 24.2 Å². The summed E-state index contributed by atoms with van der Waals surface area (Å²) < 4.78 is 9.64. The van der Waals surface area contributed by atoms with E-state index in [1.165, 1.54) is 0 Å². The van der Waals surface area contributed by atoms with Crippen LogP contribution in [0.15, 0.2) is 24.2 Å². The monoisotopic (exact) mass is 259 g/mol. The molecule has 6 heteroatoms. The number of thiocarbonyl (C=S) groups is 1. The molecule has 17 heavy (non-hydrogen) atoms. The molecule has 2 N–H and O–H groups in total. The fourth-order valence-electron chi connectivity index (χ4n) is 0.943. The van der Waals surface area contributed by atoms with Crippen molar-refractivity contribution in [2.45, 2.75) is 13.8 Å². The Kier molecular flexibility index (Phi) is 7.79. The van der Waals surface area contributed by atoms with Crippen LogP contribution >= 0.6 is 12.2 Å². The van der Waals surface area contributed by atoms with E-state index in [2.05, 4.69) is 11.9 Å². The minimum Gasteiger partial charge on any atom is -0.480 e. The van der Waals surface area contributed by atoms with E-state index in [0.717, 1.165) is 0 Å². The fourth-order valence-corrected chi connectivity index (χ4v) is 1.20. The number of nitrogens with one attached hydrogen (secondary N) is 1. The summed E-state index contributed by atoms with van der Waals surface area (Å²) in [5, 5.41) is 12.3. The Bertz CT molecular complexity index is 325. The van der Waals surface area contributed by atoms with Gasteiger partial charge in [-0.1, -0.05) is 18.3 Å². The summed E-state index contributed by atoms with van der Waals surface area (Å²) in [6.45, 7) is 7.63. The smallest absolute Gasteiger partial charge is 0.348 e. The van der Waals surface area contributed by atoms with Gasteiger partial charge in [-0.2, -0.15) is 0 Å². The number of carbonyl (C=O) groups is 1. The second kappa shape index (κ2) is 8.58. The van der Waals surface area contributed by atoms with Crippen LogP contribution in [0.4, 0.5) is 0 Å². The fraction of sp³-hybridized carbons (Fsp3) is 0.455. The zero-order valence-corrected chi connectivity index (χ0v) is 10.8. The van der Waals surface area contributed by atoms with Gasteiger partial charge in [-0.05, 0) is 13.8 Å². The predicted octanol–water partition coefficient (Wildman–Crippen LogP) is 1.46. The van der Waals surface area contributed by atoms with E-state index >= 15 is 0 Å². The number of aliphatic hydroxyl groups is 1. The molecule has 0 saturated carbocycles. The number of hydrogen-bond donors (Lipinski definition) is 2. The molecule has 0 atom stereocenters. The first-order chi connectivity index (χ1) is 8.08. The second-order valence-corrected chi connectivity index (χ2v) is 3.24. The molecular weight excluding hydrogens is 242 g/mol. The summed E-state index contributed by atoms with van der Waals surface area (Å²) >= 11 is 4.96. The van der Waals surface area contributed by atoms with Gasteiger partial charge in [-0.15, -0.1) is 6.58 Å². The number of esters is 1. The van der Waals surface area contributed by atoms with Gasteiger partial charge in [0.05, 0.1) is 13.2 Å². The third-order valence-electron chi connectivity index (χ3n) is 1.61. The van der Waals surface area contributed by atoms with Crippen molar-refractivity contribution in [2.75, 3.05) is 19.8 Å². The van der Waals surface area contributed by atoms with Crippen molar-refractivity contribution in [3.63, 3.8) is 0 Å². The Labute approximate surface area is 106 Å². The van der Waals surface area contributed by atoms with Crippen molar-refractivity contribution in [3.8, 4) is 0 Å². The number of carbonyl (C=O) groups excluding carboxylic acids is 1. The van der Waals surface area contributed by atoms with Gasteiger partial charge < -0.3 is 19.9 Å². The maximum Gasteiger partial charge on any atom is 0.348 e. The molecule has 0 fully saturated rings. The normalized spacial score (nSPS) is 11.2. The molecule has 0 aromatic carbocycles. The van der Waals surface area contributed by atoms with E-state index < -0.39 is 11.9 Å². The van der Waals surface area contributed by atoms with Crippen LogP contribution in [0.5, 0.6) is 0 Å². The first kappa shape index (κ1) is 15.4. The molecule has 0 aromatic heterocycles. The maximum absolute atomic E-state index is 11.6. The van der Waals surface area contributed by atoms with Crippen molar-refractivity contribution in [1.82, 2.24) is 5.32 Å². The van der Waals surface area contributed by atoms with Gasteiger partial charge in [-0.25, -0.2) is 4.79 Å². The van der Waals surface area contributed by atoms with Gasteiger partial charge in [-0.3, -0.25) is 0 Å². The minimum absolute atomic E-state index is 0.0642. The first-order valence-corrected chi connectivity index (χ1v) is 5.61. The van der Waals surface area contributed by atoms with Crippen molar-refractivity contribution in [2.24, 2.45) is 0 Å². The molecule has 0 aliphatic carbocycles. The summed E-state index contributed by atoms with van der Waals surface area (Å²) in [5.74, 6) is -1.26. The molecule has 0 heterocycles. The number of ether oxygens (including phenoxy) is 2. The summed E-state index contributed by atoms with van der Waals surface area (Å²) in [7, 11) is 0. The lowest BCUT2D eigenvalue weighted by Gasteiger charge is -2.11. The van der Waals surface area contributed by atoms with Gasteiger partial charge in [0.25, 0.3) is 5.95 Å². The second-order valence-electron chi connectivity index (χ2n) is 2.83. The summed E-state index contributed by atoms with van der Waals surface area (Å²) in [5.41, 5.74) is -0.175. The highest BCUT2D eigenvalue weighted by Crippen LogP contribution is 2.08. The standard InChI is InChI=1S/C11H17NO4S/c1-4-7-12-9(17)8(10(13)15-5-2)11(14)16-6-3/h4,13H,1,5-7H2,2-3H3,(H,12,17). The zero-order valence-electron chi connectivity index (χ0n) is 9.99. The van der Waals surface area contributed by atoms with Crippen LogP contribution in [0.1, 0.15) is 13.8 Å². The Morgan fingerprint density at radius 2 is 2.00 bits per heavy atom. The third-order valence-corrected chi connectivity index (χ3v) is 1.96.